The topological polar surface area (TPSA) is 64.7 Å². The number of rotatable bonds is 6. The molecule has 0 aliphatic carbocycles. The summed E-state index contributed by atoms with van der Waals surface area (Å²) >= 11 is 3.54. The first-order valence-electron chi connectivity index (χ1n) is 8.57. The van der Waals surface area contributed by atoms with E-state index in [2.05, 4.69) is 31.4 Å². The second-order valence-electron chi connectivity index (χ2n) is 6.18. The molecule has 136 valence electrons. The van der Waals surface area contributed by atoms with Crippen molar-refractivity contribution in [2.24, 2.45) is 0 Å². The van der Waals surface area contributed by atoms with E-state index in [0.717, 1.165) is 33.7 Å². The van der Waals surface area contributed by atoms with Crippen molar-refractivity contribution < 1.29 is 4.79 Å². The molecule has 0 radical (unpaired) electrons. The Balaban J connectivity index is 1.61. The minimum absolute atomic E-state index is 0.101. The number of amides is 1. The fraction of sp³-hybridized carbons (Fsp3) is 0.316. The van der Waals surface area contributed by atoms with Gasteiger partial charge in [-0.3, -0.25) is 14.2 Å². The van der Waals surface area contributed by atoms with E-state index in [4.69, 9.17) is 0 Å². The first kappa shape index (κ1) is 18.4. The fourth-order valence-corrected chi connectivity index (χ4v) is 2.99. The van der Waals surface area contributed by atoms with Crippen LogP contribution >= 0.6 is 15.9 Å². The molecule has 0 bridgehead atoms. The molecule has 0 saturated carbocycles. The van der Waals surface area contributed by atoms with Gasteiger partial charge in [-0.1, -0.05) is 12.1 Å². The highest BCUT2D eigenvalue weighted by Gasteiger charge is 2.10. The summed E-state index contributed by atoms with van der Waals surface area (Å²) in [5.74, 6) is -0.101. The van der Waals surface area contributed by atoms with E-state index >= 15 is 0 Å². The van der Waals surface area contributed by atoms with Crippen LogP contribution in [0.4, 0.5) is 0 Å². The summed E-state index contributed by atoms with van der Waals surface area (Å²) < 4.78 is 4.84. The van der Waals surface area contributed by atoms with Crippen LogP contribution in [0.25, 0.3) is 0 Å². The molecule has 1 N–H and O–H groups in total. The molecular formula is C19H22BrN5O. The van der Waals surface area contributed by atoms with Crippen LogP contribution < -0.4 is 5.32 Å². The van der Waals surface area contributed by atoms with E-state index < -0.39 is 0 Å². The molecule has 26 heavy (non-hydrogen) atoms. The Labute approximate surface area is 161 Å². The zero-order chi connectivity index (χ0) is 18.7. The van der Waals surface area contributed by atoms with Gasteiger partial charge in [0.05, 0.1) is 34.6 Å². The van der Waals surface area contributed by atoms with E-state index in [0.29, 0.717) is 18.7 Å². The van der Waals surface area contributed by atoms with Crippen molar-refractivity contribution in [3.8, 4) is 0 Å². The summed E-state index contributed by atoms with van der Waals surface area (Å²) in [5.41, 5.74) is 4.66. The molecule has 2 heterocycles. The molecule has 2 aromatic heterocycles. The van der Waals surface area contributed by atoms with Gasteiger partial charge in [-0.05, 0) is 60.5 Å². The second-order valence-corrected chi connectivity index (χ2v) is 6.98. The van der Waals surface area contributed by atoms with Gasteiger partial charge in [-0.25, -0.2) is 0 Å². The lowest BCUT2D eigenvalue weighted by Crippen LogP contribution is -2.23. The highest BCUT2D eigenvalue weighted by atomic mass is 79.9. The van der Waals surface area contributed by atoms with Gasteiger partial charge in [0.1, 0.15) is 0 Å². The number of benzene rings is 1. The number of hydrogen-bond acceptors (Lipinski definition) is 3. The molecule has 0 unspecified atom stereocenters. The van der Waals surface area contributed by atoms with Crippen molar-refractivity contribution >= 4 is 21.8 Å². The smallest absolute Gasteiger partial charge is 0.251 e. The lowest BCUT2D eigenvalue weighted by atomic mass is 10.1. The van der Waals surface area contributed by atoms with Crippen LogP contribution in [0, 0.1) is 13.8 Å². The molecule has 0 atom stereocenters. The number of carbonyl (C=O) groups is 1. The summed E-state index contributed by atoms with van der Waals surface area (Å²) in [6.45, 7) is 7.96. The summed E-state index contributed by atoms with van der Waals surface area (Å²) in [6, 6.07) is 9.53. The third kappa shape index (κ3) is 4.04. The first-order valence-corrected chi connectivity index (χ1v) is 9.36. The third-order valence-corrected chi connectivity index (χ3v) is 5.44. The maximum atomic E-state index is 12.3. The van der Waals surface area contributed by atoms with Crippen molar-refractivity contribution in [3.63, 3.8) is 0 Å². The number of nitrogens with one attached hydrogen (secondary N) is 1. The SMILES string of the molecule is CCn1ccc(CNC(=O)c2ccc(Cn3nc(C)c(Br)c3C)cc2)n1. The molecule has 3 aromatic rings. The van der Waals surface area contributed by atoms with Gasteiger partial charge in [0, 0.05) is 18.3 Å². The Bertz CT molecular complexity index is 911. The van der Waals surface area contributed by atoms with E-state index in [9.17, 15) is 4.79 Å². The van der Waals surface area contributed by atoms with Crippen LogP contribution in [0.3, 0.4) is 0 Å². The zero-order valence-corrected chi connectivity index (χ0v) is 16.7. The lowest BCUT2D eigenvalue weighted by Gasteiger charge is -2.07. The largest absolute Gasteiger partial charge is 0.346 e. The summed E-state index contributed by atoms with van der Waals surface area (Å²) in [7, 11) is 0. The number of nitrogens with zero attached hydrogens (tertiary/aromatic N) is 4. The second kappa shape index (κ2) is 7.86. The van der Waals surface area contributed by atoms with E-state index in [1.165, 1.54) is 0 Å². The Hall–Kier alpha value is -2.41. The quantitative estimate of drug-likeness (QED) is 0.670. The van der Waals surface area contributed by atoms with Gasteiger partial charge in [-0.15, -0.1) is 0 Å². The highest BCUT2D eigenvalue weighted by Crippen LogP contribution is 2.20. The van der Waals surface area contributed by atoms with Crippen LogP contribution in [-0.2, 0) is 19.6 Å². The summed E-state index contributed by atoms with van der Waals surface area (Å²) in [6.07, 6.45) is 1.91. The Morgan fingerprint density at radius 2 is 1.88 bits per heavy atom. The predicted octanol–water partition coefficient (Wildman–Crippen LogP) is 3.46. The van der Waals surface area contributed by atoms with Crippen LogP contribution in [0.5, 0.6) is 0 Å². The number of halogens is 1. The van der Waals surface area contributed by atoms with E-state index in [1.54, 1.807) is 0 Å². The molecule has 0 spiro atoms. The fourth-order valence-electron chi connectivity index (χ4n) is 2.71. The predicted molar refractivity (Wildman–Crippen MR) is 104 cm³/mol. The van der Waals surface area contributed by atoms with Crippen molar-refractivity contribution in [3.05, 3.63) is 69.2 Å². The van der Waals surface area contributed by atoms with Gasteiger partial charge in [0.25, 0.3) is 5.91 Å². The van der Waals surface area contributed by atoms with Crippen molar-refractivity contribution in [2.75, 3.05) is 0 Å². The Kier molecular flexibility index (Phi) is 5.56. The summed E-state index contributed by atoms with van der Waals surface area (Å²) in [5, 5.41) is 11.8. The Morgan fingerprint density at radius 3 is 2.46 bits per heavy atom. The van der Waals surface area contributed by atoms with Gasteiger partial charge >= 0.3 is 0 Å². The third-order valence-electron chi connectivity index (χ3n) is 4.29. The first-order chi connectivity index (χ1) is 12.5. The molecule has 7 heteroatoms. The zero-order valence-electron chi connectivity index (χ0n) is 15.2. The van der Waals surface area contributed by atoms with Gasteiger partial charge in [0.15, 0.2) is 0 Å². The molecule has 1 amide bonds. The van der Waals surface area contributed by atoms with Crippen LogP contribution in [0.2, 0.25) is 0 Å². The average Bonchev–Trinajstić information content (AvgIpc) is 3.21. The molecule has 6 nitrogen and oxygen atoms in total. The monoisotopic (exact) mass is 415 g/mol. The minimum atomic E-state index is -0.101. The standard InChI is InChI=1S/C19H22BrN5O/c1-4-24-10-9-17(23-24)11-21-19(26)16-7-5-15(6-8-16)12-25-14(3)18(20)13(2)22-25/h5-10H,4,11-12H2,1-3H3,(H,21,26). The van der Waals surface area contributed by atoms with Crippen molar-refractivity contribution in [2.45, 2.75) is 40.4 Å². The molecule has 3 rings (SSSR count). The van der Waals surface area contributed by atoms with Crippen LogP contribution in [-0.4, -0.2) is 25.5 Å². The van der Waals surface area contributed by atoms with Crippen LogP contribution in [0.1, 0.15) is 39.9 Å². The van der Waals surface area contributed by atoms with Gasteiger partial charge in [-0.2, -0.15) is 10.2 Å². The highest BCUT2D eigenvalue weighted by molar-refractivity contribution is 9.10. The number of carbonyl (C=O) groups excluding carboxylic acids is 1. The average molecular weight is 416 g/mol. The van der Waals surface area contributed by atoms with Crippen LogP contribution in [0.15, 0.2) is 41.0 Å². The molecule has 0 fully saturated rings. The van der Waals surface area contributed by atoms with Gasteiger partial charge < -0.3 is 5.32 Å². The molecule has 1 aromatic carbocycles. The maximum Gasteiger partial charge on any atom is 0.251 e. The number of hydrogen-bond donors (Lipinski definition) is 1. The maximum absolute atomic E-state index is 12.3. The Morgan fingerprint density at radius 1 is 1.15 bits per heavy atom. The number of aromatic nitrogens is 4. The normalized spacial score (nSPS) is 10.9. The number of aryl methyl sites for hydroxylation is 2. The summed E-state index contributed by atoms with van der Waals surface area (Å²) in [4.78, 5) is 12.3. The van der Waals surface area contributed by atoms with E-state index in [-0.39, 0.29) is 5.91 Å². The van der Waals surface area contributed by atoms with Gasteiger partial charge in [0.2, 0.25) is 0 Å². The van der Waals surface area contributed by atoms with Crippen molar-refractivity contribution in [1.82, 2.24) is 24.9 Å². The molecular weight excluding hydrogens is 394 g/mol. The molecule has 0 saturated heterocycles. The van der Waals surface area contributed by atoms with E-state index in [1.807, 2.05) is 66.7 Å². The van der Waals surface area contributed by atoms with Crippen molar-refractivity contribution in [1.29, 1.82) is 0 Å². The molecule has 0 aliphatic heterocycles. The minimum Gasteiger partial charge on any atom is -0.346 e. The molecule has 0 aliphatic rings. The lowest BCUT2D eigenvalue weighted by molar-refractivity contribution is 0.0950.